The van der Waals surface area contributed by atoms with Crippen molar-refractivity contribution in [2.75, 3.05) is 13.6 Å². The molecular formula is C13H17Cl2NO3S. The van der Waals surface area contributed by atoms with E-state index in [1.54, 1.807) is 11.9 Å². The summed E-state index contributed by atoms with van der Waals surface area (Å²) in [4.78, 5) is 13.5. The number of carbonyl (C=O) groups excluding carboxylic acids is 1. The van der Waals surface area contributed by atoms with E-state index in [-0.39, 0.29) is 21.4 Å². The van der Waals surface area contributed by atoms with Crippen molar-refractivity contribution in [2.45, 2.75) is 25.2 Å². The summed E-state index contributed by atoms with van der Waals surface area (Å²) in [6.07, 6.45) is 0.872. The van der Waals surface area contributed by atoms with Crippen molar-refractivity contribution in [2.24, 2.45) is 5.92 Å². The first-order valence-electron chi connectivity index (χ1n) is 6.12. The van der Waals surface area contributed by atoms with E-state index in [9.17, 15) is 13.2 Å². The summed E-state index contributed by atoms with van der Waals surface area (Å²) in [5.41, 5.74) is 0.250. The molecule has 0 unspecified atom stereocenters. The monoisotopic (exact) mass is 337 g/mol. The van der Waals surface area contributed by atoms with Crippen LogP contribution in [0.15, 0.2) is 23.1 Å². The fraction of sp³-hybridized carbons (Fsp3) is 0.462. The van der Waals surface area contributed by atoms with Crippen LogP contribution >= 0.6 is 22.3 Å². The van der Waals surface area contributed by atoms with Gasteiger partial charge in [0.1, 0.15) is 4.90 Å². The van der Waals surface area contributed by atoms with Gasteiger partial charge in [-0.25, -0.2) is 8.42 Å². The van der Waals surface area contributed by atoms with E-state index in [1.165, 1.54) is 18.2 Å². The van der Waals surface area contributed by atoms with Gasteiger partial charge in [0.2, 0.25) is 0 Å². The third kappa shape index (κ3) is 4.65. The second-order valence-corrected chi connectivity index (χ2v) is 7.93. The number of halogens is 2. The molecule has 0 N–H and O–H groups in total. The molecule has 0 fully saturated rings. The summed E-state index contributed by atoms with van der Waals surface area (Å²) in [5, 5.41) is 0.00128. The lowest BCUT2D eigenvalue weighted by Crippen LogP contribution is -2.28. The van der Waals surface area contributed by atoms with Crippen LogP contribution in [0.1, 0.15) is 30.6 Å². The number of benzene rings is 1. The van der Waals surface area contributed by atoms with Crippen LogP contribution < -0.4 is 0 Å². The summed E-state index contributed by atoms with van der Waals surface area (Å²) < 4.78 is 22.7. The van der Waals surface area contributed by atoms with Crippen LogP contribution in [0.25, 0.3) is 0 Å². The van der Waals surface area contributed by atoms with Gasteiger partial charge in [0.25, 0.3) is 15.0 Å². The van der Waals surface area contributed by atoms with Crippen molar-refractivity contribution in [3.05, 3.63) is 28.8 Å². The van der Waals surface area contributed by atoms with Gasteiger partial charge < -0.3 is 4.90 Å². The van der Waals surface area contributed by atoms with E-state index in [2.05, 4.69) is 13.8 Å². The Hall–Kier alpha value is -0.780. The molecule has 1 amide bonds. The first kappa shape index (κ1) is 17.3. The molecule has 0 saturated carbocycles. The lowest BCUT2D eigenvalue weighted by Gasteiger charge is -2.18. The van der Waals surface area contributed by atoms with E-state index in [4.69, 9.17) is 22.3 Å². The molecular weight excluding hydrogens is 321 g/mol. The minimum absolute atomic E-state index is 0.00128. The molecule has 4 nitrogen and oxygen atoms in total. The maximum absolute atomic E-state index is 12.2. The number of carbonyl (C=O) groups is 1. The van der Waals surface area contributed by atoms with Crippen molar-refractivity contribution in [1.82, 2.24) is 4.90 Å². The molecule has 0 bridgehead atoms. The Morgan fingerprint density at radius 3 is 2.45 bits per heavy atom. The smallest absolute Gasteiger partial charge is 0.262 e. The number of amides is 1. The van der Waals surface area contributed by atoms with Crippen molar-refractivity contribution in [3.63, 3.8) is 0 Å². The highest BCUT2D eigenvalue weighted by molar-refractivity contribution is 8.13. The van der Waals surface area contributed by atoms with Gasteiger partial charge in [-0.3, -0.25) is 4.79 Å². The van der Waals surface area contributed by atoms with Crippen LogP contribution in [0.3, 0.4) is 0 Å². The van der Waals surface area contributed by atoms with E-state index in [0.29, 0.717) is 12.5 Å². The molecule has 0 aliphatic heterocycles. The van der Waals surface area contributed by atoms with Gasteiger partial charge in [0.15, 0.2) is 0 Å². The molecule has 0 aliphatic rings. The standard InChI is InChI=1S/C13H17Cl2NO3S/c1-9(2)6-7-16(3)13(17)10-4-5-11(14)12(8-10)20(15,18)19/h4-5,8-9H,6-7H2,1-3H3. The zero-order chi connectivity index (χ0) is 15.5. The van der Waals surface area contributed by atoms with Crippen molar-refractivity contribution < 1.29 is 13.2 Å². The van der Waals surface area contributed by atoms with Gasteiger partial charge in [-0.05, 0) is 30.5 Å². The number of hydrogen-bond donors (Lipinski definition) is 0. The summed E-state index contributed by atoms with van der Waals surface area (Å²) in [7, 11) is 2.99. The summed E-state index contributed by atoms with van der Waals surface area (Å²) in [5.74, 6) is 0.220. The molecule has 0 radical (unpaired) electrons. The molecule has 0 heterocycles. The zero-order valence-electron chi connectivity index (χ0n) is 11.6. The Labute approximate surface area is 129 Å². The molecule has 1 aromatic rings. The second kappa shape index (κ2) is 6.78. The SMILES string of the molecule is CC(C)CCN(C)C(=O)c1ccc(Cl)c(S(=O)(=O)Cl)c1. The molecule has 112 valence electrons. The minimum atomic E-state index is -3.97. The lowest BCUT2D eigenvalue weighted by molar-refractivity contribution is 0.0789. The first-order chi connectivity index (χ1) is 9.12. The summed E-state index contributed by atoms with van der Waals surface area (Å²) >= 11 is 5.78. The average Bonchev–Trinajstić information content (AvgIpc) is 2.34. The Morgan fingerprint density at radius 1 is 1.35 bits per heavy atom. The first-order valence-corrected chi connectivity index (χ1v) is 8.81. The molecule has 0 atom stereocenters. The zero-order valence-corrected chi connectivity index (χ0v) is 13.9. The highest BCUT2D eigenvalue weighted by Gasteiger charge is 2.19. The van der Waals surface area contributed by atoms with Gasteiger partial charge in [-0.15, -0.1) is 0 Å². The maximum atomic E-state index is 12.2. The van der Waals surface area contributed by atoms with E-state index < -0.39 is 9.05 Å². The Morgan fingerprint density at radius 2 is 1.95 bits per heavy atom. The van der Waals surface area contributed by atoms with Crippen LogP contribution in [-0.4, -0.2) is 32.8 Å². The number of rotatable bonds is 5. The van der Waals surface area contributed by atoms with Crippen LogP contribution in [0.2, 0.25) is 5.02 Å². The third-order valence-corrected chi connectivity index (χ3v) is 4.63. The van der Waals surface area contributed by atoms with E-state index in [0.717, 1.165) is 6.42 Å². The van der Waals surface area contributed by atoms with Crippen LogP contribution in [0, 0.1) is 5.92 Å². The van der Waals surface area contributed by atoms with Crippen LogP contribution in [0.5, 0.6) is 0 Å². The minimum Gasteiger partial charge on any atom is -0.342 e. The molecule has 1 aromatic carbocycles. The van der Waals surface area contributed by atoms with Crippen molar-refractivity contribution >= 4 is 37.2 Å². The normalized spacial score (nSPS) is 11.7. The lowest BCUT2D eigenvalue weighted by atomic mass is 10.1. The van der Waals surface area contributed by atoms with Crippen molar-refractivity contribution in [1.29, 1.82) is 0 Å². The Bertz CT molecular complexity index is 600. The van der Waals surface area contributed by atoms with E-state index >= 15 is 0 Å². The van der Waals surface area contributed by atoms with Gasteiger partial charge in [-0.2, -0.15) is 0 Å². The van der Waals surface area contributed by atoms with Crippen LogP contribution in [0.4, 0.5) is 0 Å². The van der Waals surface area contributed by atoms with Gasteiger partial charge >= 0.3 is 0 Å². The molecule has 7 heteroatoms. The predicted octanol–water partition coefficient (Wildman–Crippen LogP) is 3.39. The highest BCUT2D eigenvalue weighted by atomic mass is 35.7. The maximum Gasteiger partial charge on any atom is 0.262 e. The molecule has 0 saturated heterocycles. The molecule has 0 aromatic heterocycles. The van der Waals surface area contributed by atoms with Gasteiger partial charge in [0.05, 0.1) is 5.02 Å². The fourth-order valence-corrected chi connectivity index (χ4v) is 3.09. The topological polar surface area (TPSA) is 54.5 Å². The van der Waals surface area contributed by atoms with Crippen molar-refractivity contribution in [3.8, 4) is 0 Å². The van der Waals surface area contributed by atoms with Gasteiger partial charge in [-0.1, -0.05) is 25.4 Å². The Kier molecular flexibility index (Phi) is 5.86. The predicted molar refractivity (Wildman–Crippen MR) is 80.9 cm³/mol. The van der Waals surface area contributed by atoms with Gasteiger partial charge in [0, 0.05) is 29.8 Å². The number of nitrogens with zero attached hydrogens (tertiary/aromatic N) is 1. The third-order valence-electron chi connectivity index (χ3n) is 2.83. The summed E-state index contributed by atoms with van der Waals surface area (Å²) in [6, 6.07) is 4.06. The van der Waals surface area contributed by atoms with E-state index in [1.807, 2.05) is 0 Å². The summed E-state index contributed by atoms with van der Waals surface area (Å²) in [6.45, 7) is 4.74. The molecule has 0 spiro atoms. The quantitative estimate of drug-likeness (QED) is 0.774. The van der Waals surface area contributed by atoms with Crippen LogP contribution in [-0.2, 0) is 9.05 Å². The molecule has 0 aliphatic carbocycles. The second-order valence-electron chi connectivity index (χ2n) is 4.99. The molecule has 20 heavy (non-hydrogen) atoms. The Balaban J connectivity index is 3.00. The number of hydrogen-bond acceptors (Lipinski definition) is 3. The largest absolute Gasteiger partial charge is 0.342 e. The highest BCUT2D eigenvalue weighted by Crippen LogP contribution is 2.26. The molecule has 1 rings (SSSR count). The fourth-order valence-electron chi connectivity index (χ4n) is 1.60. The average molecular weight is 338 g/mol.